The number of hydrogen-bond acceptors (Lipinski definition) is 4. The first-order valence-corrected chi connectivity index (χ1v) is 18.1. The van der Waals surface area contributed by atoms with E-state index in [0.717, 1.165) is 36.7 Å². The summed E-state index contributed by atoms with van der Waals surface area (Å²) in [5.41, 5.74) is 18.7. The Morgan fingerprint density at radius 2 is 0.615 bits per heavy atom. The standard InChI is InChI=1S/C48H42N4/c1-49-31-40-13-7-4-10-37(40)28-46(49)34-16-22-43(23-17-34)52(44-24-18-35(19-25-44)47-29-38-11-5-8-14-41(38)32-50(47)2)45-26-20-36(21-27-45)48-30-39-12-6-9-15-42(39)33-51(48)3/h4-30H,31-33H2,1-3H3. The van der Waals surface area contributed by atoms with Crippen molar-refractivity contribution in [2.45, 2.75) is 19.6 Å². The average molecular weight is 675 g/mol. The highest BCUT2D eigenvalue weighted by Crippen LogP contribution is 2.39. The molecule has 52 heavy (non-hydrogen) atoms. The van der Waals surface area contributed by atoms with Gasteiger partial charge in [0.1, 0.15) is 0 Å². The molecule has 0 bridgehead atoms. The molecule has 0 saturated carbocycles. The lowest BCUT2D eigenvalue weighted by atomic mass is 9.97. The van der Waals surface area contributed by atoms with Gasteiger partial charge < -0.3 is 19.6 Å². The van der Waals surface area contributed by atoms with Crippen LogP contribution in [0, 0.1) is 0 Å². The van der Waals surface area contributed by atoms with E-state index in [2.05, 4.69) is 205 Å². The molecule has 0 amide bonds. The minimum absolute atomic E-state index is 0.906. The second-order valence-electron chi connectivity index (χ2n) is 14.2. The van der Waals surface area contributed by atoms with Gasteiger partial charge in [0, 0.05) is 74.9 Å². The summed E-state index contributed by atoms with van der Waals surface area (Å²) in [6.07, 6.45) is 6.94. The van der Waals surface area contributed by atoms with E-state index in [-0.39, 0.29) is 0 Å². The monoisotopic (exact) mass is 674 g/mol. The van der Waals surface area contributed by atoms with Crippen LogP contribution >= 0.6 is 0 Å². The summed E-state index contributed by atoms with van der Waals surface area (Å²) in [6, 6.07) is 53.2. The summed E-state index contributed by atoms with van der Waals surface area (Å²) in [7, 11) is 6.54. The maximum Gasteiger partial charge on any atom is 0.0462 e. The van der Waals surface area contributed by atoms with Gasteiger partial charge in [-0.05, 0) is 105 Å². The molecule has 3 heterocycles. The van der Waals surface area contributed by atoms with Gasteiger partial charge in [-0.1, -0.05) is 109 Å². The van der Waals surface area contributed by atoms with Gasteiger partial charge in [-0.15, -0.1) is 0 Å². The van der Waals surface area contributed by atoms with E-state index in [1.807, 2.05) is 0 Å². The Hall–Kier alpha value is -6.26. The highest BCUT2D eigenvalue weighted by Gasteiger charge is 2.21. The molecule has 0 spiro atoms. The fourth-order valence-corrected chi connectivity index (χ4v) is 7.95. The molecule has 3 aliphatic heterocycles. The highest BCUT2D eigenvalue weighted by atomic mass is 15.1. The van der Waals surface area contributed by atoms with Gasteiger partial charge >= 0.3 is 0 Å². The van der Waals surface area contributed by atoms with E-state index in [1.54, 1.807) is 0 Å². The van der Waals surface area contributed by atoms with Gasteiger partial charge in [-0.25, -0.2) is 0 Å². The van der Waals surface area contributed by atoms with Crippen molar-refractivity contribution in [3.8, 4) is 0 Å². The molecule has 0 aromatic heterocycles. The third-order valence-corrected chi connectivity index (χ3v) is 10.8. The van der Waals surface area contributed by atoms with Crippen LogP contribution in [0.2, 0.25) is 0 Å². The molecule has 0 fully saturated rings. The molecule has 0 atom stereocenters. The van der Waals surface area contributed by atoms with Gasteiger partial charge in [0.15, 0.2) is 0 Å². The van der Waals surface area contributed by atoms with Crippen LogP contribution in [0.4, 0.5) is 17.1 Å². The van der Waals surface area contributed by atoms with E-state index in [1.165, 1.54) is 67.2 Å². The quantitative estimate of drug-likeness (QED) is 0.174. The van der Waals surface area contributed by atoms with Crippen molar-refractivity contribution in [1.82, 2.24) is 14.7 Å². The maximum absolute atomic E-state index is 2.37. The molecule has 0 radical (unpaired) electrons. The Morgan fingerprint density at radius 1 is 0.346 bits per heavy atom. The molecular weight excluding hydrogens is 633 g/mol. The SMILES string of the molecule is CN1Cc2ccccc2C=C1c1ccc(N(c2ccc(C3=Cc4ccccc4CN3C)cc2)c2ccc(C3=Cc4ccccc4CN3C)cc2)cc1. The number of rotatable bonds is 6. The first kappa shape index (κ1) is 31.7. The number of fused-ring (bicyclic) bond motifs is 3. The van der Waals surface area contributed by atoms with Crippen molar-refractivity contribution in [3.05, 3.63) is 196 Å². The molecule has 6 aromatic rings. The number of hydrogen-bond donors (Lipinski definition) is 0. The fourth-order valence-electron chi connectivity index (χ4n) is 7.95. The van der Waals surface area contributed by atoms with Crippen molar-refractivity contribution in [3.63, 3.8) is 0 Å². The summed E-state index contributed by atoms with van der Waals surface area (Å²) >= 11 is 0. The Bertz CT molecular complexity index is 2100. The molecule has 9 rings (SSSR count). The topological polar surface area (TPSA) is 13.0 Å². The fraction of sp³-hybridized carbons (Fsp3) is 0.125. The summed E-state index contributed by atoms with van der Waals surface area (Å²) in [6.45, 7) is 2.72. The molecule has 4 heteroatoms. The number of nitrogens with zero attached hydrogens (tertiary/aromatic N) is 4. The minimum atomic E-state index is 0.906. The zero-order valence-electron chi connectivity index (χ0n) is 30.0. The van der Waals surface area contributed by atoms with Crippen LogP contribution in [-0.2, 0) is 19.6 Å². The first-order valence-electron chi connectivity index (χ1n) is 18.1. The molecule has 0 unspecified atom stereocenters. The van der Waals surface area contributed by atoms with Crippen molar-refractivity contribution >= 4 is 52.4 Å². The first-order chi connectivity index (χ1) is 25.5. The third kappa shape index (κ3) is 5.86. The Kier molecular flexibility index (Phi) is 8.01. The van der Waals surface area contributed by atoms with Gasteiger partial charge in [-0.3, -0.25) is 0 Å². The van der Waals surface area contributed by atoms with Crippen LogP contribution < -0.4 is 4.90 Å². The lowest BCUT2D eigenvalue weighted by Gasteiger charge is -2.31. The zero-order valence-corrected chi connectivity index (χ0v) is 30.0. The van der Waals surface area contributed by atoms with E-state index in [9.17, 15) is 0 Å². The Labute approximate surface area is 307 Å². The third-order valence-electron chi connectivity index (χ3n) is 10.8. The van der Waals surface area contributed by atoms with Crippen LogP contribution in [-0.4, -0.2) is 35.8 Å². The van der Waals surface area contributed by atoms with Gasteiger partial charge in [0.05, 0.1) is 0 Å². The molecule has 0 aliphatic carbocycles. The molecule has 4 nitrogen and oxygen atoms in total. The molecule has 0 saturated heterocycles. The predicted octanol–water partition coefficient (Wildman–Crippen LogP) is 11.0. The molecule has 0 N–H and O–H groups in total. The smallest absolute Gasteiger partial charge is 0.0462 e. The van der Waals surface area contributed by atoms with Crippen molar-refractivity contribution in [1.29, 1.82) is 0 Å². The number of anilines is 3. The van der Waals surface area contributed by atoms with Gasteiger partial charge in [0.25, 0.3) is 0 Å². The molecule has 254 valence electrons. The van der Waals surface area contributed by atoms with E-state index >= 15 is 0 Å². The summed E-state index contributed by atoms with van der Waals surface area (Å²) in [5.74, 6) is 0. The van der Waals surface area contributed by atoms with Crippen molar-refractivity contribution < 1.29 is 0 Å². The zero-order chi connectivity index (χ0) is 35.2. The van der Waals surface area contributed by atoms with Crippen molar-refractivity contribution in [2.24, 2.45) is 0 Å². The predicted molar refractivity (Wildman–Crippen MR) is 218 cm³/mol. The van der Waals surface area contributed by atoms with E-state index in [4.69, 9.17) is 0 Å². The maximum atomic E-state index is 2.37. The Balaban J connectivity index is 1.08. The van der Waals surface area contributed by atoms with Crippen LogP contribution in [0.1, 0.15) is 50.1 Å². The minimum Gasteiger partial charge on any atom is -0.370 e. The van der Waals surface area contributed by atoms with Crippen LogP contribution in [0.5, 0.6) is 0 Å². The summed E-state index contributed by atoms with van der Waals surface area (Å²) < 4.78 is 0. The molecule has 3 aliphatic rings. The molecular formula is C48H42N4. The largest absolute Gasteiger partial charge is 0.370 e. The lowest BCUT2D eigenvalue weighted by molar-refractivity contribution is 0.472. The van der Waals surface area contributed by atoms with Gasteiger partial charge in [0.2, 0.25) is 0 Å². The normalized spacial score (nSPS) is 14.8. The van der Waals surface area contributed by atoms with Gasteiger partial charge in [-0.2, -0.15) is 0 Å². The lowest BCUT2D eigenvalue weighted by Crippen LogP contribution is -2.20. The molecule has 6 aromatic carbocycles. The Morgan fingerprint density at radius 3 is 0.904 bits per heavy atom. The van der Waals surface area contributed by atoms with E-state index < -0.39 is 0 Å². The second kappa shape index (κ2) is 13.1. The van der Waals surface area contributed by atoms with Crippen molar-refractivity contribution in [2.75, 3.05) is 26.0 Å². The second-order valence-corrected chi connectivity index (χ2v) is 14.2. The summed E-state index contributed by atoms with van der Waals surface area (Å²) in [5, 5.41) is 0. The van der Waals surface area contributed by atoms with E-state index in [0.29, 0.717) is 0 Å². The van der Waals surface area contributed by atoms with Crippen LogP contribution in [0.15, 0.2) is 146 Å². The number of benzene rings is 6. The highest BCUT2D eigenvalue weighted by molar-refractivity contribution is 5.88. The average Bonchev–Trinajstić information content (AvgIpc) is 3.18. The summed E-state index contributed by atoms with van der Waals surface area (Å²) in [4.78, 5) is 9.40. The van der Waals surface area contributed by atoms with Crippen LogP contribution in [0.25, 0.3) is 35.3 Å². The van der Waals surface area contributed by atoms with Crippen LogP contribution in [0.3, 0.4) is 0 Å².